The van der Waals surface area contributed by atoms with Crippen molar-refractivity contribution in [3.63, 3.8) is 0 Å². The summed E-state index contributed by atoms with van der Waals surface area (Å²) in [4.78, 5) is 31.3. The van der Waals surface area contributed by atoms with Gasteiger partial charge in [0, 0.05) is 39.0 Å². The van der Waals surface area contributed by atoms with E-state index >= 15 is 0 Å². The first-order valence-electron chi connectivity index (χ1n) is 34.8. The van der Waals surface area contributed by atoms with E-state index in [9.17, 15) is 24.9 Å². The van der Waals surface area contributed by atoms with E-state index in [-0.39, 0.29) is 37.7 Å². The summed E-state index contributed by atoms with van der Waals surface area (Å²) in [6.07, 6.45) is 46.5. The highest BCUT2D eigenvalue weighted by Gasteiger charge is 2.51. The van der Waals surface area contributed by atoms with Gasteiger partial charge < -0.3 is 39.2 Å². The SMILES string of the molecule is CC.CCCCCCCCCCC(O)CN(CCCC(=O)OC1COC2C(OC(=O)CCCN(CC(O)CCCCCCCCCC)CC(CCCCCCCCCC)C3CCC3)COC12)CC(O)CCCCCCCCCC. The molecule has 1 saturated carbocycles. The second-order valence-electron chi connectivity index (χ2n) is 24.8. The number of aliphatic hydroxyl groups excluding tert-OH is 3. The second kappa shape index (κ2) is 51.1. The molecule has 2 heterocycles. The molecule has 2 aliphatic heterocycles. The molecule has 0 spiro atoms. The summed E-state index contributed by atoms with van der Waals surface area (Å²) < 4.78 is 24.2. The zero-order valence-electron chi connectivity index (χ0n) is 52.9. The molecule has 8 unspecified atom stereocenters. The van der Waals surface area contributed by atoms with Crippen LogP contribution in [0.3, 0.4) is 0 Å². The van der Waals surface area contributed by atoms with Crippen LogP contribution in [0.1, 0.15) is 318 Å². The summed E-state index contributed by atoms with van der Waals surface area (Å²) in [7, 11) is 0. The van der Waals surface area contributed by atoms with Crippen molar-refractivity contribution >= 4 is 11.9 Å². The lowest BCUT2D eigenvalue weighted by Gasteiger charge is -2.38. The lowest BCUT2D eigenvalue weighted by molar-refractivity contribution is -0.155. The zero-order valence-corrected chi connectivity index (χ0v) is 52.9. The number of hydrogen-bond acceptors (Lipinski definition) is 11. The first-order valence-corrected chi connectivity index (χ1v) is 34.8. The van der Waals surface area contributed by atoms with E-state index in [2.05, 4.69) is 37.5 Å². The first-order chi connectivity index (χ1) is 38.7. The van der Waals surface area contributed by atoms with Gasteiger partial charge in [0.2, 0.25) is 0 Å². The van der Waals surface area contributed by atoms with Crippen molar-refractivity contribution in [2.24, 2.45) is 11.8 Å². The predicted molar refractivity (Wildman–Crippen MR) is 330 cm³/mol. The number of fused-ring (bicyclic) bond motifs is 1. The Kier molecular flexibility index (Phi) is 47.7. The largest absolute Gasteiger partial charge is 0.457 e. The molecule has 11 nitrogen and oxygen atoms in total. The monoisotopic (exact) mass is 1120 g/mol. The Bertz CT molecular complexity index is 1340. The highest BCUT2D eigenvalue weighted by atomic mass is 16.7. The molecule has 3 fully saturated rings. The van der Waals surface area contributed by atoms with Gasteiger partial charge in [0.25, 0.3) is 0 Å². The van der Waals surface area contributed by atoms with Crippen LogP contribution in [-0.4, -0.2) is 132 Å². The second-order valence-corrected chi connectivity index (χ2v) is 24.8. The van der Waals surface area contributed by atoms with Crippen LogP contribution in [0.5, 0.6) is 0 Å². The molecule has 3 rings (SSSR count). The van der Waals surface area contributed by atoms with Gasteiger partial charge in [0.15, 0.2) is 12.2 Å². The molecule has 2 saturated heterocycles. The summed E-state index contributed by atoms with van der Waals surface area (Å²) in [6.45, 7) is 17.5. The van der Waals surface area contributed by atoms with Gasteiger partial charge in [-0.1, -0.05) is 266 Å². The molecule has 11 heteroatoms. The Labute approximate surface area is 488 Å². The maximum Gasteiger partial charge on any atom is 0.306 e. The van der Waals surface area contributed by atoms with Crippen molar-refractivity contribution < 1.29 is 43.9 Å². The fourth-order valence-corrected chi connectivity index (χ4v) is 12.5. The average Bonchev–Trinajstić information content (AvgIpc) is 4.16. The van der Waals surface area contributed by atoms with Gasteiger partial charge >= 0.3 is 11.9 Å². The highest BCUT2D eigenvalue weighted by Crippen LogP contribution is 2.37. The van der Waals surface area contributed by atoms with Gasteiger partial charge in [-0.05, 0) is 63.5 Å². The molecule has 0 aromatic heterocycles. The van der Waals surface area contributed by atoms with E-state index in [1.165, 1.54) is 199 Å². The van der Waals surface area contributed by atoms with E-state index < -0.39 is 36.6 Å². The Balaban J connectivity index is 0.0000105. The van der Waals surface area contributed by atoms with Gasteiger partial charge in [0.1, 0.15) is 12.2 Å². The average molecular weight is 1120 g/mol. The topological polar surface area (TPSA) is 138 Å². The van der Waals surface area contributed by atoms with Crippen molar-refractivity contribution in [2.75, 3.05) is 52.5 Å². The molecule has 8 atom stereocenters. The summed E-state index contributed by atoms with van der Waals surface area (Å²) in [5, 5.41) is 33.5. The molecule has 1 aliphatic carbocycles. The van der Waals surface area contributed by atoms with Crippen molar-refractivity contribution in [1.29, 1.82) is 0 Å². The van der Waals surface area contributed by atoms with Crippen LogP contribution in [0.4, 0.5) is 0 Å². The molecule has 3 N–H and O–H groups in total. The van der Waals surface area contributed by atoms with Crippen molar-refractivity contribution in [1.82, 2.24) is 9.80 Å². The highest BCUT2D eigenvalue weighted by molar-refractivity contribution is 5.70. The minimum atomic E-state index is -0.561. The van der Waals surface area contributed by atoms with Crippen LogP contribution < -0.4 is 0 Å². The number of aliphatic hydroxyl groups is 3. The molecule has 3 aliphatic rings. The van der Waals surface area contributed by atoms with Crippen LogP contribution in [0, 0.1) is 11.8 Å². The summed E-state index contributed by atoms with van der Waals surface area (Å²) in [6, 6.07) is 0. The number of hydrogen-bond donors (Lipinski definition) is 3. The van der Waals surface area contributed by atoms with Crippen LogP contribution >= 0.6 is 0 Å². The van der Waals surface area contributed by atoms with E-state index in [0.29, 0.717) is 51.4 Å². The van der Waals surface area contributed by atoms with Crippen molar-refractivity contribution in [3.05, 3.63) is 0 Å². The van der Waals surface area contributed by atoms with Gasteiger partial charge in [0.05, 0.1) is 31.5 Å². The minimum Gasteiger partial charge on any atom is -0.457 e. The quantitative estimate of drug-likeness (QED) is 0.0396. The minimum absolute atomic E-state index is 0.203. The summed E-state index contributed by atoms with van der Waals surface area (Å²) in [5.41, 5.74) is 0. The molecule has 0 radical (unpaired) electrons. The van der Waals surface area contributed by atoms with Crippen LogP contribution in [0.25, 0.3) is 0 Å². The van der Waals surface area contributed by atoms with Gasteiger partial charge in [-0.15, -0.1) is 0 Å². The third kappa shape index (κ3) is 37.6. The number of carbonyl (C=O) groups is 2. The number of nitrogens with zero attached hydrogens (tertiary/aromatic N) is 2. The fraction of sp³-hybridized carbons (Fsp3) is 0.971. The summed E-state index contributed by atoms with van der Waals surface area (Å²) >= 11 is 0. The Morgan fingerprint density at radius 2 is 0.709 bits per heavy atom. The molecular formula is C68H132N2O9. The summed E-state index contributed by atoms with van der Waals surface area (Å²) in [5.74, 6) is 0.862. The van der Waals surface area contributed by atoms with Gasteiger partial charge in [-0.3, -0.25) is 14.5 Å². The standard InChI is InChI=1S/C66H126N2O9.C2H6/c1-5-9-13-17-21-25-29-33-40-57(56-41-37-42-56)50-67(51-58(69)43-34-30-26-22-18-14-10-6-2)48-38-46-63(72)76-61-54-74-66-62(55-75-65(61)66)77-64(73)47-39-49-68(52-59(70)44-35-31-27-23-19-15-11-7-3)53-60(71)45-36-32-28-24-20-16-12-8-4;1-2/h56-62,65-66,69-71H,5-55H2,1-4H3;1-2H3. The van der Waals surface area contributed by atoms with E-state index in [4.69, 9.17) is 18.9 Å². The molecule has 468 valence electrons. The Hall–Kier alpha value is -1.34. The fourth-order valence-electron chi connectivity index (χ4n) is 12.5. The zero-order chi connectivity index (χ0) is 57.4. The van der Waals surface area contributed by atoms with Crippen molar-refractivity contribution in [2.45, 2.75) is 360 Å². The number of carbonyl (C=O) groups excluding carboxylic acids is 2. The first kappa shape index (κ1) is 73.8. The van der Waals surface area contributed by atoms with E-state index in [1.54, 1.807) is 0 Å². The lowest BCUT2D eigenvalue weighted by atomic mass is 9.73. The predicted octanol–water partition coefficient (Wildman–Crippen LogP) is 16.4. The van der Waals surface area contributed by atoms with Crippen LogP contribution in [-0.2, 0) is 28.5 Å². The molecule has 0 bridgehead atoms. The molecule has 0 amide bonds. The number of rotatable bonds is 55. The smallest absolute Gasteiger partial charge is 0.306 e. The molecule has 0 aromatic carbocycles. The Morgan fingerprint density at radius 1 is 0.418 bits per heavy atom. The lowest BCUT2D eigenvalue weighted by Crippen LogP contribution is -2.40. The number of esters is 2. The number of unbranched alkanes of at least 4 members (excludes halogenated alkanes) is 28. The van der Waals surface area contributed by atoms with E-state index in [1.807, 2.05) is 13.8 Å². The van der Waals surface area contributed by atoms with Gasteiger partial charge in [-0.25, -0.2) is 0 Å². The van der Waals surface area contributed by atoms with Crippen LogP contribution in [0.2, 0.25) is 0 Å². The third-order valence-corrected chi connectivity index (χ3v) is 17.6. The number of ether oxygens (including phenoxy) is 4. The third-order valence-electron chi connectivity index (χ3n) is 17.6. The van der Waals surface area contributed by atoms with E-state index in [0.717, 1.165) is 70.4 Å². The molecule has 79 heavy (non-hydrogen) atoms. The maximum absolute atomic E-state index is 13.4. The molecular weight excluding hydrogens is 989 g/mol. The normalized spacial score (nSPS) is 19.7. The van der Waals surface area contributed by atoms with Gasteiger partial charge in [-0.2, -0.15) is 0 Å². The Morgan fingerprint density at radius 3 is 1.01 bits per heavy atom. The van der Waals surface area contributed by atoms with Crippen LogP contribution in [0.15, 0.2) is 0 Å². The maximum atomic E-state index is 13.4. The van der Waals surface area contributed by atoms with Crippen molar-refractivity contribution in [3.8, 4) is 0 Å². The molecule has 0 aromatic rings.